The van der Waals surface area contributed by atoms with Crippen molar-refractivity contribution in [3.05, 3.63) is 0 Å². The largest absolute Gasteiger partial charge is 0.393 e. The number of hydrogen-bond acceptors (Lipinski definition) is 2. The second-order valence-electron chi connectivity index (χ2n) is 3.38. The van der Waals surface area contributed by atoms with E-state index in [0.29, 0.717) is 24.5 Å². The minimum atomic E-state index is -0.0257. The van der Waals surface area contributed by atoms with Gasteiger partial charge in [0.2, 0.25) is 0 Å². The van der Waals surface area contributed by atoms with Gasteiger partial charge in [-0.25, -0.2) is 4.79 Å². The lowest BCUT2D eigenvalue weighted by atomic mass is 10.3. The number of carbonyl (C=O) groups is 1. The molecule has 15 heavy (non-hydrogen) atoms. The number of nitrogens with one attached hydrogen (secondary N) is 1. The molecule has 0 aromatic heterocycles. The molecule has 0 saturated carbocycles. The number of carbonyl (C=O) groups excluding carboxylic acids is 1. The van der Waals surface area contributed by atoms with E-state index in [1.54, 1.807) is 4.90 Å². The van der Waals surface area contributed by atoms with Crippen LogP contribution in [0.1, 0.15) is 33.1 Å². The Balaban J connectivity index is 3.82. The number of thiocarbonyl (C=S) groups is 1. The van der Waals surface area contributed by atoms with Gasteiger partial charge in [0.05, 0.1) is 4.99 Å². The topological polar surface area (TPSA) is 58.4 Å². The van der Waals surface area contributed by atoms with Crippen LogP contribution in [0.25, 0.3) is 0 Å². The molecule has 0 spiro atoms. The number of urea groups is 1. The summed E-state index contributed by atoms with van der Waals surface area (Å²) in [6.07, 6.45) is 2.68. The maximum Gasteiger partial charge on any atom is 0.317 e. The van der Waals surface area contributed by atoms with Crippen LogP contribution in [-0.2, 0) is 0 Å². The Hall–Kier alpha value is -0.840. The van der Waals surface area contributed by atoms with E-state index in [1.807, 2.05) is 6.92 Å². The van der Waals surface area contributed by atoms with Crippen molar-refractivity contribution in [2.75, 3.05) is 19.6 Å². The van der Waals surface area contributed by atoms with Gasteiger partial charge in [0.25, 0.3) is 0 Å². The van der Waals surface area contributed by atoms with Crippen LogP contribution in [0.5, 0.6) is 0 Å². The van der Waals surface area contributed by atoms with Crippen molar-refractivity contribution in [3.8, 4) is 0 Å². The van der Waals surface area contributed by atoms with Gasteiger partial charge in [-0.2, -0.15) is 0 Å². The number of rotatable bonds is 7. The van der Waals surface area contributed by atoms with Crippen LogP contribution in [0.2, 0.25) is 0 Å². The Bertz CT molecular complexity index is 209. The standard InChI is InChI=1S/C10H21N3OS/c1-3-5-7-12-10(14)13(4-2)8-6-9(11)15/h3-8H2,1-2H3,(H2,11,15)(H,12,14). The van der Waals surface area contributed by atoms with Crippen molar-refractivity contribution < 1.29 is 4.79 Å². The van der Waals surface area contributed by atoms with Crippen molar-refractivity contribution in [2.24, 2.45) is 5.73 Å². The third kappa shape index (κ3) is 7.13. The maximum atomic E-state index is 11.6. The summed E-state index contributed by atoms with van der Waals surface area (Å²) < 4.78 is 0. The molecule has 0 aromatic rings. The minimum absolute atomic E-state index is 0.0257. The zero-order chi connectivity index (χ0) is 11.7. The molecule has 0 aliphatic heterocycles. The Kier molecular flexibility index (Phi) is 7.99. The number of unbranched alkanes of at least 4 members (excludes halogenated alkanes) is 1. The fourth-order valence-electron chi connectivity index (χ4n) is 1.13. The molecule has 0 unspecified atom stereocenters. The fraction of sp³-hybridized carbons (Fsp3) is 0.800. The van der Waals surface area contributed by atoms with E-state index < -0.39 is 0 Å². The molecule has 0 atom stereocenters. The van der Waals surface area contributed by atoms with Crippen LogP contribution >= 0.6 is 12.2 Å². The number of nitrogens with zero attached hydrogens (tertiary/aromatic N) is 1. The van der Waals surface area contributed by atoms with Crippen LogP contribution in [-0.4, -0.2) is 35.6 Å². The minimum Gasteiger partial charge on any atom is -0.393 e. The lowest BCUT2D eigenvalue weighted by molar-refractivity contribution is 0.202. The Morgan fingerprint density at radius 3 is 2.60 bits per heavy atom. The summed E-state index contributed by atoms with van der Waals surface area (Å²) in [4.78, 5) is 13.8. The zero-order valence-corrected chi connectivity index (χ0v) is 10.4. The van der Waals surface area contributed by atoms with Crippen LogP contribution in [0.15, 0.2) is 0 Å². The van der Waals surface area contributed by atoms with Gasteiger partial charge in [-0.1, -0.05) is 25.6 Å². The molecule has 0 radical (unpaired) electrons. The summed E-state index contributed by atoms with van der Waals surface area (Å²) in [5, 5.41) is 2.86. The highest BCUT2D eigenvalue weighted by molar-refractivity contribution is 7.80. The predicted molar refractivity (Wildman–Crippen MR) is 67.0 cm³/mol. The van der Waals surface area contributed by atoms with E-state index in [2.05, 4.69) is 12.2 Å². The highest BCUT2D eigenvalue weighted by atomic mass is 32.1. The molecule has 2 amide bonds. The third-order valence-electron chi connectivity index (χ3n) is 2.10. The molecule has 0 aliphatic carbocycles. The highest BCUT2D eigenvalue weighted by Crippen LogP contribution is 1.93. The van der Waals surface area contributed by atoms with Gasteiger partial charge in [0.1, 0.15) is 0 Å². The summed E-state index contributed by atoms with van der Waals surface area (Å²) in [6, 6.07) is -0.0257. The lowest BCUT2D eigenvalue weighted by Crippen LogP contribution is -2.41. The van der Waals surface area contributed by atoms with Gasteiger partial charge in [0, 0.05) is 26.1 Å². The van der Waals surface area contributed by atoms with E-state index >= 15 is 0 Å². The average Bonchev–Trinajstić information content (AvgIpc) is 2.18. The molecule has 0 rings (SSSR count). The van der Waals surface area contributed by atoms with E-state index in [-0.39, 0.29) is 6.03 Å². The van der Waals surface area contributed by atoms with Crippen LogP contribution in [0.3, 0.4) is 0 Å². The summed E-state index contributed by atoms with van der Waals surface area (Å²) in [7, 11) is 0. The molecule has 0 fully saturated rings. The van der Waals surface area contributed by atoms with Gasteiger partial charge in [0.15, 0.2) is 0 Å². The molecular formula is C10H21N3OS. The molecular weight excluding hydrogens is 210 g/mol. The van der Waals surface area contributed by atoms with Crippen molar-refractivity contribution in [3.63, 3.8) is 0 Å². The highest BCUT2D eigenvalue weighted by Gasteiger charge is 2.09. The number of hydrogen-bond donors (Lipinski definition) is 2. The van der Waals surface area contributed by atoms with Crippen molar-refractivity contribution in [2.45, 2.75) is 33.1 Å². The lowest BCUT2D eigenvalue weighted by Gasteiger charge is -2.20. The summed E-state index contributed by atoms with van der Waals surface area (Å²) in [5.74, 6) is 0. The van der Waals surface area contributed by atoms with E-state index in [1.165, 1.54) is 0 Å². The second-order valence-corrected chi connectivity index (χ2v) is 3.91. The fourth-order valence-corrected chi connectivity index (χ4v) is 1.22. The van der Waals surface area contributed by atoms with Crippen molar-refractivity contribution in [1.82, 2.24) is 10.2 Å². The van der Waals surface area contributed by atoms with Crippen molar-refractivity contribution in [1.29, 1.82) is 0 Å². The normalized spacial score (nSPS) is 9.73. The first kappa shape index (κ1) is 14.2. The molecule has 0 aliphatic rings. The number of nitrogens with two attached hydrogens (primary N) is 1. The molecule has 4 nitrogen and oxygen atoms in total. The van der Waals surface area contributed by atoms with Gasteiger partial charge >= 0.3 is 6.03 Å². The zero-order valence-electron chi connectivity index (χ0n) is 9.58. The van der Waals surface area contributed by atoms with E-state index in [9.17, 15) is 4.79 Å². The summed E-state index contributed by atoms with van der Waals surface area (Å²) in [6.45, 7) is 6.05. The summed E-state index contributed by atoms with van der Waals surface area (Å²) >= 11 is 4.77. The average molecular weight is 231 g/mol. The first-order chi connectivity index (χ1) is 7.11. The molecule has 0 heterocycles. The molecule has 0 aromatic carbocycles. The molecule has 5 heteroatoms. The first-order valence-electron chi connectivity index (χ1n) is 5.42. The van der Waals surface area contributed by atoms with E-state index in [4.69, 9.17) is 18.0 Å². The van der Waals surface area contributed by atoms with Crippen LogP contribution in [0.4, 0.5) is 4.79 Å². The second kappa shape index (κ2) is 8.47. The number of amides is 2. The predicted octanol–water partition coefficient (Wildman–Crippen LogP) is 1.49. The monoisotopic (exact) mass is 231 g/mol. The first-order valence-corrected chi connectivity index (χ1v) is 5.83. The van der Waals surface area contributed by atoms with Crippen molar-refractivity contribution >= 4 is 23.2 Å². The molecule has 88 valence electrons. The molecule has 0 saturated heterocycles. The van der Waals surface area contributed by atoms with Gasteiger partial charge in [-0.15, -0.1) is 0 Å². The van der Waals surface area contributed by atoms with Gasteiger partial charge in [-0.3, -0.25) is 0 Å². The smallest absolute Gasteiger partial charge is 0.317 e. The SMILES string of the molecule is CCCCNC(=O)N(CC)CCC(N)=S. The van der Waals surface area contributed by atoms with Gasteiger partial charge in [-0.05, 0) is 13.3 Å². The van der Waals surface area contributed by atoms with Crippen LogP contribution in [0, 0.1) is 0 Å². The van der Waals surface area contributed by atoms with E-state index in [0.717, 1.165) is 19.4 Å². The maximum absolute atomic E-state index is 11.6. The molecule has 0 bridgehead atoms. The Labute approximate surface area is 97.2 Å². The quantitative estimate of drug-likeness (QED) is 0.515. The van der Waals surface area contributed by atoms with Gasteiger partial charge < -0.3 is 16.0 Å². The summed E-state index contributed by atoms with van der Waals surface area (Å²) in [5.41, 5.74) is 5.39. The molecule has 3 N–H and O–H groups in total. The Morgan fingerprint density at radius 2 is 2.13 bits per heavy atom. The van der Waals surface area contributed by atoms with Crippen LogP contribution < -0.4 is 11.1 Å². The third-order valence-corrected chi connectivity index (χ3v) is 2.31. The Morgan fingerprint density at radius 1 is 1.47 bits per heavy atom.